The van der Waals surface area contributed by atoms with Crippen molar-refractivity contribution in [1.82, 2.24) is 19.0 Å². The summed E-state index contributed by atoms with van der Waals surface area (Å²) in [5.41, 5.74) is 3.61. The van der Waals surface area contributed by atoms with Crippen LogP contribution in [0.15, 0.2) is 66.2 Å². The summed E-state index contributed by atoms with van der Waals surface area (Å²) in [6.45, 7) is 13.2. The second-order valence-corrected chi connectivity index (χ2v) is 15.0. The minimum atomic E-state index is -1.32. The van der Waals surface area contributed by atoms with Crippen molar-refractivity contribution in [2.24, 2.45) is 12.5 Å². The Hall–Kier alpha value is -5.27. The molecule has 1 unspecified atom stereocenters. The molecule has 0 spiro atoms. The number of amides is 1. The molecule has 1 aromatic carbocycles. The zero-order valence-corrected chi connectivity index (χ0v) is 29.6. The van der Waals surface area contributed by atoms with Gasteiger partial charge in [-0.1, -0.05) is 19.9 Å². The van der Waals surface area contributed by atoms with Gasteiger partial charge in [0.05, 0.1) is 48.4 Å². The maximum absolute atomic E-state index is 15.5. The Morgan fingerprint density at radius 1 is 1.10 bits per heavy atom. The lowest BCUT2D eigenvalue weighted by atomic mass is 9.90. The van der Waals surface area contributed by atoms with Gasteiger partial charge >= 0.3 is 5.97 Å². The Kier molecular flexibility index (Phi) is 8.30. The summed E-state index contributed by atoms with van der Waals surface area (Å²) in [6, 6.07) is 9.90. The highest BCUT2D eigenvalue weighted by Gasteiger charge is 2.38. The molecule has 1 aliphatic carbocycles. The summed E-state index contributed by atoms with van der Waals surface area (Å²) in [4.78, 5) is 50.8. The molecule has 2 N–H and O–H groups in total. The van der Waals surface area contributed by atoms with Crippen LogP contribution in [0.1, 0.15) is 46.0 Å². The lowest BCUT2D eigenvalue weighted by Gasteiger charge is -2.46. The van der Waals surface area contributed by atoms with Gasteiger partial charge in [0.25, 0.3) is 11.5 Å². The van der Waals surface area contributed by atoms with E-state index in [1.54, 1.807) is 19.3 Å². The minimum absolute atomic E-state index is 0.0271. The highest BCUT2D eigenvalue weighted by atomic mass is 19.1. The highest BCUT2D eigenvalue weighted by molar-refractivity contribution is 6.11. The number of nitrogens with zero attached hydrogens (tertiary/aromatic N) is 6. The topological polar surface area (TPSA) is 125 Å². The number of anilines is 4. The number of pyridine rings is 2. The van der Waals surface area contributed by atoms with Gasteiger partial charge < -0.3 is 34.1 Å². The first kappa shape index (κ1) is 33.9. The predicted octanol–water partition coefficient (Wildman–Crippen LogP) is 4.69. The quantitative estimate of drug-likeness (QED) is 0.251. The molecule has 0 bridgehead atoms. The summed E-state index contributed by atoms with van der Waals surface area (Å²) in [6.07, 6.45) is 6.87. The maximum atomic E-state index is 15.5. The van der Waals surface area contributed by atoms with Crippen LogP contribution in [-0.2, 0) is 31.2 Å². The molecule has 13 heteroatoms. The first-order valence-electron chi connectivity index (χ1n) is 17.7. The number of carboxylic acids is 1. The van der Waals surface area contributed by atoms with Crippen molar-refractivity contribution in [2.45, 2.75) is 45.3 Å². The summed E-state index contributed by atoms with van der Waals surface area (Å²) in [5.74, 6) is -1.98. The van der Waals surface area contributed by atoms with Crippen molar-refractivity contribution in [1.29, 1.82) is 0 Å². The third-order valence-corrected chi connectivity index (χ3v) is 10.9. The number of benzene rings is 1. The molecule has 2 saturated heterocycles. The molecule has 1 amide bonds. The molecular formula is C39H42FN7O5. The van der Waals surface area contributed by atoms with Crippen molar-refractivity contribution in [3.05, 3.63) is 100 Å². The molecule has 8 rings (SSSR count). The molecule has 0 radical (unpaired) electrons. The Morgan fingerprint density at radius 2 is 1.90 bits per heavy atom. The standard InChI is InChI=1S/C39H42FN7O5/c1-5-26-20-44(28-21-52-22-28)8-9-45(26)27-6-7-34(41-18-27)42-30-12-24(19-43(4)36(30)48)29-14-25(40)15-31(35(29)38(50)51)47-11-10-46-32(37(47)49)13-23-16-39(2,3)17-33(23)46/h5-7,12-15,18-19,26,28H,1,8-11,16-17,20-22H2,2-4H3,(H,41,42)(H,50,51). The summed E-state index contributed by atoms with van der Waals surface area (Å²) < 4.78 is 24.2. The molecule has 6 heterocycles. The van der Waals surface area contributed by atoms with Crippen LogP contribution in [0.4, 0.5) is 27.3 Å². The second-order valence-electron chi connectivity index (χ2n) is 15.0. The second kappa shape index (κ2) is 12.7. The monoisotopic (exact) mass is 707 g/mol. The first-order chi connectivity index (χ1) is 24.9. The molecule has 270 valence electrons. The van der Waals surface area contributed by atoms with Crippen LogP contribution in [0, 0.1) is 11.2 Å². The molecule has 2 fully saturated rings. The van der Waals surface area contributed by atoms with E-state index in [1.165, 1.54) is 21.7 Å². The van der Waals surface area contributed by atoms with Gasteiger partial charge in [-0.25, -0.2) is 14.2 Å². The number of halogens is 1. The minimum Gasteiger partial charge on any atom is -0.478 e. The van der Waals surface area contributed by atoms with Crippen molar-refractivity contribution in [2.75, 3.05) is 54.5 Å². The van der Waals surface area contributed by atoms with Crippen LogP contribution in [0.2, 0.25) is 0 Å². The number of carboxylic acid groups (broad SMARTS) is 1. The van der Waals surface area contributed by atoms with Crippen molar-refractivity contribution in [3.8, 4) is 11.1 Å². The van der Waals surface area contributed by atoms with Gasteiger partial charge in [0, 0.05) is 62.8 Å². The molecule has 3 aliphatic heterocycles. The lowest BCUT2D eigenvalue weighted by molar-refractivity contribution is -0.0682. The Balaban J connectivity index is 1.08. The van der Waals surface area contributed by atoms with E-state index >= 15 is 4.39 Å². The third-order valence-electron chi connectivity index (χ3n) is 10.9. The number of hydrogen-bond acceptors (Lipinski definition) is 8. The number of ether oxygens (including phenoxy) is 1. The number of aromatic nitrogens is 3. The van der Waals surface area contributed by atoms with Crippen LogP contribution >= 0.6 is 0 Å². The molecule has 52 heavy (non-hydrogen) atoms. The summed E-state index contributed by atoms with van der Waals surface area (Å²) in [5, 5.41) is 13.6. The number of hydrogen-bond donors (Lipinski definition) is 2. The number of carbonyl (C=O) groups is 2. The zero-order valence-electron chi connectivity index (χ0n) is 29.6. The smallest absolute Gasteiger partial charge is 0.338 e. The largest absolute Gasteiger partial charge is 0.478 e. The predicted molar refractivity (Wildman–Crippen MR) is 196 cm³/mol. The number of carbonyl (C=O) groups excluding carboxylic acids is 1. The van der Waals surface area contributed by atoms with E-state index in [1.807, 2.05) is 22.8 Å². The first-order valence-corrected chi connectivity index (χ1v) is 17.7. The number of aromatic carboxylic acids is 1. The van der Waals surface area contributed by atoms with Gasteiger partial charge in [0.1, 0.15) is 23.0 Å². The fraction of sp³-hybridized carbons (Fsp3) is 0.385. The molecule has 4 aromatic rings. The normalized spacial score (nSPS) is 20.0. The van der Waals surface area contributed by atoms with Gasteiger partial charge in [-0.3, -0.25) is 14.5 Å². The zero-order chi connectivity index (χ0) is 36.5. The fourth-order valence-corrected chi connectivity index (χ4v) is 8.24. The van der Waals surface area contributed by atoms with Crippen molar-refractivity contribution >= 4 is 34.8 Å². The van der Waals surface area contributed by atoms with Gasteiger partial charge in [-0.2, -0.15) is 0 Å². The van der Waals surface area contributed by atoms with Crippen LogP contribution in [0.5, 0.6) is 0 Å². The van der Waals surface area contributed by atoms with Crippen LogP contribution in [0.25, 0.3) is 11.1 Å². The lowest BCUT2D eigenvalue weighted by Crippen LogP contribution is -2.60. The molecule has 0 saturated carbocycles. The van der Waals surface area contributed by atoms with Gasteiger partial charge in [-0.05, 0) is 60.2 Å². The number of rotatable bonds is 8. The van der Waals surface area contributed by atoms with Crippen molar-refractivity contribution < 1.29 is 23.8 Å². The molecule has 3 aromatic heterocycles. The molecule has 4 aliphatic rings. The Morgan fingerprint density at radius 3 is 2.60 bits per heavy atom. The summed E-state index contributed by atoms with van der Waals surface area (Å²) in [7, 11) is 1.54. The number of fused-ring (bicyclic) bond motifs is 3. The van der Waals surface area contributed by atoms with E-state index in [9.17, 15) is 19.5 Å². The number of nitrogens with one attached hydrogen (secondary N) is 1. The van der Waals surface area contributed by atoms with E-state index in [-0.39, 0.29) is 57.5 Å². The average molecular weight is 708 g/mol. The van der Waals surface area contributed by atoms with Gasteiger partial charge in [-0.15, -0.1) is 6.58 Å². The fourth-order valence-electron chi connectivity index (χ4n) is 8.24. The van der Waals surface area contributed by atoms with Crippen LogP contribution in [-0.4, -0.2) is 87.5 Å². The van der Waals surface area contributed by atoms with Gasteiger partial charge in [0.2, 0.25) is 0 Å². The highest BCUT2D eigenvalue weighted by Crippen LogP contribution is 2.41. The van der Waals surface area contributed by atoms with Crippen LogP contribution < -0.4 is 20.7 Å². The number of aryl methyl sites for hydroxylation is 1. The number of piperazine rings is 1. The maximum Gasteiger partial charge on any atom is 0.338 e. The van der Waals surface area contributed by atoms with E-state index in [0.29, 0.717) is 24.1 Å². The van der Waals surface area contributed by atoms with Crippen LogP contribution in [0.3, 0.4) is 0 Å². The van der Waals surface area contributed by atoms with E-state index in [2.05, 4.69) is 40.5 Å². The van der Waals surface area contributed by atoms with E-state index in [4.69, 9.17) is 4.74 Å². The van der Waals surface area contributed by atoms with E-state index in [0.717, 1.165) is 74.8 Å². The van der Waals surface area contributed by atoms with Crippen molar-refractivity contribution in [3.63, 3.8) is 0 Å². The Bertz CT molecular complexity index is 2170. The average Bonchev–Trinajstić information content (AvgIpc) is 3.58. The Labute approximate surface area is 300 Å². The summed E-state index contributed by atoms with van der Waals surface area (Å²) >= 11 is 0. The van der Waals surface area contributed by atoms with E-state index < -0.39 is 11.8 Å². The molecule has 12 nitrogen and oxygen atoms in total. The SMILES string of the molecule is C=CC1CN(C2COC2)CCN1c1ccc(Nc2cc(-c3cc(F)cc(N4CCn5c(cc6c5CC(C)(C)C6)C4=O)c3C(=O)O)cn(C)c2=O)nc1. The molecular weight excluding hydrogens is 665 g/mol. The van der Waals surface area contributed by atoms with Gasteiger partial charge in [0.15, 0.2) is 0 Å². The third kappa shape index (κ3) is 5.87. The molecule has 1 atom stereocenters.